The molecule has 0 aromatic rings. The molecule has 0 spiro atoms. The zero-order valence-electron chi connectivity index (χ0n) is 13.2. The van der Waals surface area contributed by atoms with E-state index >= 15 is 0 Å². The maximum Gasteiger partial charge on any atom is 0.242 e. The van der Waals surface area contributed by atoms with Gasteiger partial charge in [-0.25, -0.2) is 0 Å². The molecule has 1 aliphatic heterocycles. The van der Waals surface area contributed by atoms with Crippen molar-refractivity contribution in [3.05, 3.63) is 0 Å². The first-order valence-corrected chi connectivity index (χ1v) is 7.82. The molecular weight excluding hydrogens is 254 g/mol. The molecule has 116 valence electrons. The number of hydrogen-bond donors (Lipinski definition) is 2. The van der Waals surface area contributed by atoms with Crippen LogP contribution in [-0.2, 0) is 9.59 Å². The summed E-state index contributed by atoms with van der Waals surface area (Å²) in [5, 5.41) is 6.09. The summed E-state index contributed by atoms with van der Waals surface area (Å²) >= 11 is 0. The molecule has 2 N–H and O–H groups in total. The number of amides is 2. The Kier molecular flexibility index (Phi) is 6.99. The van der Waals surface area contributed by atoms with Crippen molar-refractivity contribution in [2.45, 2.75) is 59.0 Å². The molecule has 5 nitrogen and oxygen atoms in total. The van der Waals surface area contributed by atoms with Gasteiger partial charge >= 0.3 is 0 Å². The van der Waals surface area contributed by atoms with E-state index in [1.54, 1.807) is 4.90 Å². The molecule has 2 amide bonds. The second-order valence-electron chi connectivity index (χ2n) is 5.81. The molecule has 1 rings (SSSR count). The van der Waals surface area contributed by atoms with Crippen molar-refractivity contribution in [3.8, 4) is 0 Å². The minimum absolute atomic E-state index is 0.0330. The van der Waals surface area contributed by atoms with Gasteiger partial charge in [-0.3, -0.25) is 9.59 Å². The highest BCUT2D eigenvalue weighted by Crippen LogP contribution is 2.16. The summed E-state index contributed by atoms with van der Waals surface area (Å²) < 4.78 is 0. The quantitative estimate of drug-likeness (QED) is 0.736. The van der Waals surface area contributed by atoms with Gasteiger partial charge in [-0.05, 0) is 45.6 Å². The number of rotatable bonds is 7. The highest BCUT2D eigenvalue weighted by molar-refractivity contribution is 5.90. The third-order valence-electron chi connectivity index (χ3n) is 3.71. The van der Waals surface area contributed by atoms with Crippen molar-refractivity contribution >= 4 is 11.8 Å². The van der Waals surface area contributed by atoms with Gasteiger partial charge in [-0.1, -0.05) is 13.8 Å². The van der Waals surface area contributed by atoms with E-state index in [4.69, 9.17) is 0 Å². The fourth-order valence-electron chi connectivity index (χ4n) is 2.74. The molecule has 0 radical (unpaired) electrons. The van der Waals surface area contributed by atoms with E-state index in [2.05, 4.69) is 24.5 Å². The summed E-state index contributed by atoms with van der Waals surface area (Å²) in [5.41, 5.74) is 0. The standard InChI is InChI=1S/C15H29N3O2/c1-5-16-14(19)13(10-11(3)4)18(6-2)15(20)12-8-7-9-17-12/h11-13,17H,5-10H2,1-4H3,(H,16,19)/t12-,13-/m0/s1. The highest BCUT2D eigenvalue weighted by Gasteiger charge is 2.33. The lowest BCUT2D eigenvalue weighted by Gasteiger charge is -2.33. The minimum atomic E-state index is -0.352. The summed E-state index contributed by atoms with van der Waals surface area (Å²) in [6, 6.07) is -0.464. The predicted octanol–water partition coefficient (Wildman–Crippen LogP) is 1.14. The number of likely N-dealkylation sites (N-methyl/N-ethyl adjacent to an activating group) is 2. The third-order valence-corrected chi connectivity index (χ3v) is 3.71. The fourth-order valence-corrected chi connectivity index (χ4v) is 2.74. The topological polar surface area (TPSA) is 61.4 Å². The monoisotopic (exact) mass is 283 g/mol. The maximum atomic E-state index is 12.6. The molecule has 0 aromatic carbocycles. The molecule has 0 aromatic heterocycles. The Morgan fingerprint density at radius 3 is 2.50 bits per heavy atom. The molecule has 0 unspecified atom stereocenters. The van der Waals surface area contributed by atoms with Crippen LogP contribution in [0.15, 0.2) is 0 Å². The van der Waals surface area contributed by atoms with E-state index in [1.165, 1.54) is 0 Å². The van der Waals surface area contributed by atoms with Crippen LogP contribution in [0.25, 0.3) is 0 Å². The first-order valence-electron chi connectivity index (χ1n) is 7.82. The summed E-state index contributed by atoms with van der Waals surface area (Å²) in [5.74, 6) is 0.414. The molecule has 1 fully saturated rings. The molecule has 0 bridgehead atoms. The maximum absolute atomic E-state index is 12.6. The first-order chi connectivity index (χ1) is 9.51. The zero-order valence-corrected chi connectivity index (χ0v) is 13.2. The van der Waals surface area contributed by atoms with Crippen molar-refractivity contribution in [3.63, 3.8) is 0 Å². The van der Waals surface area contributed by atoms with Gasteiger partial charge in [-0.15, -0.1) is 0 Å². The Morgan fingerprint density at radius 2 is 2.05 bits per heavy atom. The molecule has 1 aliphatic rings. The van der Waals surface area contributed by atoms with E-state index in [-0.39, 0.29) is 23.9 Å². The smallest absolute Gasteiger partial charge is 0.242 e. The summed E-state index contributed by atoms with van der Waals surface area (Å²) in [6.07, 6.45) is 2.61. The van der Waals surface area contributed by atoms with Crippen molar-refractivity contribution in [1.29, 1.82) is 0 Å². The van der Waals surface area contributed by atoms with Crippen LogP contribution in [0.2, 0.25) is 0 Å². The minimum Gasteiger partial charge on any atom is -0.355 e. The number of nitrogens with one attached hydrogen (secondary N) is 2. The largest absolute Gasteiger partial charge is 0.355 e. The normalized spacial score (nSPS) is 19.9. The van der Waals surface area contributed by atoms with Crippen LogP contribution in [0.3, 0.4) is 0 Å². The van der Waals surface area contributed by atoms with Gasteiger partial charge < -0.3 is 15.5 Å². The second-order valence-corrected chi connectivity index (χ2v) is 5.81. The molecule has 2 atom stereocenters. The van der Waals surface area contributed by atoms with Gasteiger partial charge in [0.05, 0.1) is 6.04 Å². The number of nitrogens with zero attached hydrogens (tertiary/aromatic N) is 1. The van der Waals surface area contributed by atoms with E-state index < -0.39 is 0 Å². The van der Waals surface area contributed by atoms with Crippen molar-refractivity contribution in [2.24, 2.45) is 5.92 Å². The Bertz CT molecular complexity index is 325. The lowest BCUT2D eigenvalue weighted by molar-refractivity contribution is -0.142. The van der Waals surface area contributed by atoms with Crippen LogP contribution >= 0.6 is 0 Å². The Labute approximate surface area is 122 Å². The average molecular weight is 283 g/mol. The number of hydrogen-bond acceptors (Lipinski definition) is 3. The average Bonchev–Trinajstić information content (AvgIpc) is 2.91. The van der Waals surface area contributed by atoms with E-state index in [0.29, 0.717) is 25.4 Å². The van der Waals surface area contributed by atoms with Crippen LogP contribution < -0.4 is 10.6 Å². The van der Waals surface area contributed by atoms with Crippen molar-refractivity contribution in [2.75, 3.05) is 19.6 Å². The molecule has 1 saturated heterocycles. The number of carbonyl (C=O) groups is 2. The zero-order chi connectivity index (χ0) is 15.1. The van der Waals surface area contributed by atoms with Gasteiger partial charge in [0.1, 0.15) is 6.04 Å². The summed E-state index contributed by atoms with van der Waals surface area (Å²) in [4.78, 5) is 26.6. The molecule has 20 heavy (non-hydrogen) atoms. The fraction of sp³-hybridized carbons (Fsp3) is 0.867. The van der Waals surface area contributed by atoms with Crippen molar-refractivity contribution in [1.82, 2.24) is 15.5 Å². The van der Waals surface area contributed by atoms with Crippen LogP contribution in [0.4, 0.5) is 0 Å². The first kappa shape index (κ1) is 17.0. The molecule has 0 aliphatic carbocycles. The van der Waals surface area contributed by atoms with Crippen LogP contribution in [0.5, 0.6) is 0 Å². The van der Waals surface area contributed by atoms with Gasteiger partial charge in [0.15, 0.2) is 0 Å². The number of carbonyl (C=O) groups excluding carboxylic acids is 2. The van der Waals surface area contributed by atoms with Gasteiger partial charge in [0, 0.05) is 13.1 Å². The molecule has 5 heteroatoms. The lowest BCUT2D eigenvalue weighted by atomic mass is 10.0. The third kappa shape index (κ3) is 4.47. The highest BCUT2D eigenvalue weighted by atomic mass is 16.2. The van der Waals surface area contributed by atoms with E-state index in [9.17, 15) is 9.59 Å². The van der Waals surface area contributed by atoms with E-state index in [0.717, 1.165) is 19.4 Å². The van der Waals surface area contributed by atoms with Crippen LogP contribution in [-0.4, -0.2) is 48.4 Å². The Morgan fingerprint density at radius 1 is 1.35 bits per heavy atom. The molecule has 1 heterocycles. The van der Waals surface area contributed by atoms with Gasteiger partial charge in [-0.2, -0.15) is 0 Å². The van der Waals surface area contributed by atoms with Crippen LogP contribution in [0, 0.1) is 5.92 Å². The lowest BCUT2D eigenvalue weighted by Crippen LogP contribution is -2.54. The molecule has 0 saturated carbocycles. The van der Waals surface area contributed by atoms with Crippen molar-refractivity contribution < 1.29 is 9.59 Å². The van der Waals surface area contributed by atoms with Gasteiger partial charge in [0.2, 0.25) is 11.8 Å². The predicted molar refractivity (Wildman–Crippen MR) is 80.3 cm³/mol. The Balaban J connectivity index is 2.82. The van der Waals surface area contributed by atoms with E-state index in [1.807, 2.05) is 13.8 Å². The SMILES string of the molecule is CCNC(=O)[C@H](CC(C)C)N(CC)C(=O)[C@@H]1CCCN1. The Hall–Kier alpha value is -1.10. The van der Waals surface area contributed by atoms with Crippen LogP contribution in [0.1, 0.15) is 47.0 Å². The second kappa shape index (κ2) is 8.25. The summed E-state index contributed by atoms with van der Waals surface area (Å²) in [6.45, 7) is 10.1. The summed E-state index contributed by atoms with van der Waals surface area (Å²) in [7, 11) is 0. The van der Waals surface area contributed by atoms with Gasteiger partial charge in [0.25, 0.3) is 0 Å². The molecular formula is C15H29N3O2.